The summed E-state index contributed by atoms with van der Waals surface area (Å²) in [6.45, 7) is 9.90. The normalized spacial score (nSPS) is 15.1. The lowest BCUT2D eigenvalue weighted by Crippen LogP contribution is -2.38. The van der Waals surface area contributed by atoms with E-state index >= 15 is 0 Å². The summed E-state index contributed by atoms with van der Waals surface area (Å²) in [5.74, 6) is -0.575. The fourth-order valence-corrected chi connectivity index (χ4v) is 6.31. The molecule has 1 aliphatic rings. The van der Waals surface area contributed by atoms with Crippen LogP contribution < -0.4 is 4.90 Å². The van der Waals surface area contributed by atoms with E-state index in [1.165, 1.54) is 12.4 Å². The molecule has 1 aliphatic heterocycles. The van der Waals surface area contributed by atoms with Crippen LogP contribution in [-0.4, -0.2) is 67.0 Å². The summed E-state index contributed by atoms with van der Waals surface area (Å²) < 4.78 is 101. The molecule has 3 aromatic heterocycles. The second-order valence-corrected chi connectivity index (χ2v) is 16.3. The third-order valence-corrected chi connectivity index (χ3v) is 9.61. The zero-order valence-electron chi connectivity index (χ0n) is 27.2. The van der Waals surface area contributed by atoms with Crippen molar-refractivity contribution in [1.29, 1.82) is 0 Å². The molecule has 18 heteroatoms. The van der Waals surface area contributed by atoms with Crippen molar-refractivity contribution in [2.75, 3.05) is 31.2 Å². The minimum absolute atomic E-state index is 0.0407. The maximum atomic E-state index is 14.7. The van der Waals surface area contributed by atoms with Gasteiger partial charge in [0.2, 0.25) is 5.78 Å². The molecule has 10 nitrogen and oxygen atoms in total. The lowest BCUT2D eigenvalue weighted by atomic mass is 9.94. The molecule has 0 radical (unpaired) electrons. The summed E-state index contributed by atoms with van der Waals surface area (Å²) in [4.78, 5) is 20.4. The van der Waals surface area contributed by atoms with Crippen LogP contribution >= 0.6 is 11.6 Å². The lowest BCUT2D eigenvalue weighted by molar-refractivity contribution is -0.143. The van der Waals surface area contributed by atoms with E-state index in [2.05, 4.69) is 20.5 Å². The summed E-state index contributed by atoms with van der Waals surface area (Å²) in [6, 6.07) is 2.82. The first kappa shape index (κ1) is 36.5. The SMILES string of the molecule is CC(C)(C)[SiH2]OC(C)(C)c1onc(-c2ccncc2Cl)c1C(=O)c1nnn(Cc2cc(C(F)(F)F)cc(C(F)(F)F)c2)c1N1CCOCC1. The number of ketones is 1. The van der Waals surface area contributed by atoms with Gasteiger partial charge in [-0.3, -0.25) is 9.78 Å². The first-order valence-electron chi connectivity index (χ1n) is 15.1. The van der Waals surface area contributed by atoms with Crippen molar-refractivity contribution in [3.8, 4) is 11.3 Å². The molecule has 0 aliphatic carbocycles. The molecule has 49 heavy (non-hydrogen) atoms. The quantitative estimate of drug-likeness (QED) is 0.106. The molecule has 1 saturated heterocycles. The number of pyridine rings is 1. The van der Waals surface area contributed by atoms with Gasteiger partial charge in [-0.15, -0.1) is 5.10 Å². The number of rotatable bonds is 9. The minimum atomic E-state index is -5.05. The molecule has 4 heterocycles. The van der Waals surface area contributed by atoms with Gasteiger partial charge in [-0.1, -0.05) is 42.7 Å². The van der Waals surface area contributed by atoms with Crippen LogP contribution in [0.3, 0.4) is 0 Å². The Labute approximate surface area is 284 Å². The number of alkyl halides is 6. The molecular formula is C31H33ClF6N6O4Si. The summed E-state index contributed by atoms with van der Waals surface area (Å²) in [6.07, 6.45) is -7.27. The van der Waals surface area contributed by atoms with Crippen LogP contribution in [0.4, 0.5) is 32.2 Å². The number of aromatic nitrogens is 5. The summed E-state index contributed by atoms with van der Waals surface area (Å²) in [5.41, 5.74) is -4.34. The Morgan fingerprint density at radius 1 is 1.00 bits per heavy atom. The van der Waals surface area contributed by atoms with Crippen LogP contribution in [0.1, 0.15) is 73.1 Å². The highest BCUT2D eigenvalue weighted by Gasteiger charge is 2.40. The van der Waals surface area contributed by atoms with Crippen molar-refractivity contribution in [2.45, 2.75) is 64.2 Å². The van der Waals surface area contributed by atoms with E-state index in [1.54, 1.807) is 24.8 Å². The topological polar surface area (TPSA) is 108 Å². The number of nitrogens with zero attached hydrogens (tertiary/aromatic N) is 6. The maximum Gasteiger partial charge on any atom is 0.416 e. The highest BCUT2D eigenvalue weighted by atomic mass is 35.5. The van der Waals surface area contributed by atoms with Crippen LogP contribution in [0.15, 0.2) is 41.2 Å². The highest BCUT2D eigenvalue weighted by molar-refractivity contribution is 6.33. The van der Waals surface area contributed by atoms with Crippen molar-refractivity contribution in [2.24, 2.45) is 0 Å². The number of anilines is 1. The lowest BCUT2D eigenvalue weighted by Gasteiger charge is -2.30. The van der Waals surface area contributed by atoms with Gasteiger partial charge in [0.15, 0.2) is 27.0 Å². The van der Waals surface area contributed by atoms with Crippen LogP contribution in [-0.2, 0) is 33.7 Å². The molecule has 0 amide bonds. The van der Waals surface area contributed by atoms with E-state index in [4.69, 9.17) is 25.3 Å². The number of halogens is 7. The van der Waals surface area contributed by atoms with Gasteiger partial charge in [-0.05, 0) is 48.7 Å². The largest absolute Gasteiger partial charge is 0.416 e. The Bertz CT molecular complexity index is 1800. The molecule has 1 aromatic carbocycles. The Kier molecular flexibility index (Phi) is 10.0. The molecular weight excluding hydrogens is 698 g/mol. The number of benzene rings is 1. The average molecular weight is 731 g/mol. The molecule has 0 saturated carbocycles. The molecule has 0 N–H and O–H groups in total. The van der Waals surface area contributed by atoms with Gasteiger partial charge in [0.05, 0.1) is 41.5 Å². The zero-order chi connectivity index (χ0) is 35.9. The summed E-state index contributed by atoms with van der Waals surface area (Å²) in [5, 5.41) is 12.5. The molecule has 264 valence electrons. The number of hydrogen-bond donors (Lipinski definition) is 0. The van der Waals surface area contributed by atoms with Crippen LogP contribution in [0.5, 0.6) is 0 Å². The van der Waals surface area contributed by atoms with Gasteiger partial charge in [-0.25, -0.2) is 4.68 Å². The molecule has 0 atom stereocenters. The molecule has 0 unspecified atom stereocenters. The van der Waals surface area contributed by atoms with Gasteiger partial charge in [0.25, 0.3) is 0 Å². The average Bonchev–Trinajstić information content (AvgIpc) is 3.65. The standard InChI is InChI=1S/C31H33ClF6N6O4Si/c1-28(2,3)49-48-29(4,5)26-22(23(41-47-26)20-6-7-39-15-21(20)32)25(45)24-27(43-8-10-46-11-9-43)44(42-40-24)16-17-12-18(30(33,34)35)14-19(13-17)31(36,37)38/h6-7,12-15H,8-11,16,49H2,1-5H3. The van der Waals surface area contributed by atoms with Gasteiger partial charge in [0, 0.05) is 31.0 Å². The van der Waals surface area contributed by atoms with Crippen LogP contribution in [0.25, 0.3) is 11.3 Å². The van der Waals surface area contributed by atoms with E-state index in [-0.39, 0.29) is 76.5 Å². The molecule has 0 spiro atoms. The first-order valence-corrected chi connectivity index (χ1v) is 16.8. The van der Waals surface area contributed by atoms with Crippen molar-refractivity contribution in [1.82, 2.24) is 25.1 Å². The van der Waals surface area contributed by atoms with E-state index in [9.17, 15) is 31.1 Å². The van der Waals surface area contributed by atoms with E-state index in [0.29, 0.717) is 17.7 Å². The fourth-order valence-electron chi connectivity index (χ4n) is 5.18. The predicted octanol–water partition coefficient (Wildman–Crippen LogP) is 6.69. The van der Waals surface area contributed by atoms with Gasteiger partial charge in [0.1, 0.15) is 11.3 Å². The van der Waals surface area contributed by atoms with E-state index in [1.807, 2.05) is 20.8 Å². The van der Waals surface area contributed by atoms with E-state index in [0.717, 1.165) is 4.68 Å². The van der Waals surface area contributed by atoms with Gasteiger partial charge in [-0.2, -0.15) is 26.3 Å². The van der Waals surface area contributed by atoms with E-state index < -0.39 is 51.2 Å². The molecule has 4 aromatic rings. The van der Waals surface area contributed by atoms with Crippen molar-refractivity contribution in [3.05, 3.63) is 75.4 Å². The number of carbonyl (C=O) groups is 1. The van der Waals surface area contributed by atoms with Gasteiger partial charge < -0.3 is 18.6 Å². The second kappa shape index (κ2) is 13.5. The van der Waals surface area contributed by atoms with Gasteiger partial charge >= 0.3 is 12.4 Å². The monoisotopic (exact) mass is 730 g/mol. The highest BCUT2D eigenvalue weighted by Crippen LogP contribution is 2.40. The Morgan fingerprint density at radius 3 is 2.20 bits per heavy atom. The maximum absolute atomic E-state index is 14.7. The fraction of sp³-hybridized carbons (Fsp3) is 0.452. The van der Waals surface area contributed by atoms with Crippen molar-refractivity contribution < 1.29 is 44.8 Å². The van der Waals surface area contributed by atoms with Crippen molar-refractivity contribution >= 4 is 33.0 Å². The summed E-state index contributed by atoms with van der Waals surface area (Å²) in [7, 11) is -1.19. The minimum Gasteiger partial charge on any atom is -0.411 e. The Morgan fingerprint density at radius 2 is 1.63 bits per heavy atom. The number of carbonyl (C=O) groups excluding carboxylic acids is 1. The van der Waals surface area contributed by atoms with Crippen LogP contribution in [0.2, 0.25) is 10.1 Å². The predicted molar refractivity (Wildman–Crippen MR) is 169 cm³/mol. The third-order valence-electron chi connectivity index (χ3n) is 7.57. The number of ether oxygens (including phenoxy) is 1. The smallest absolute Gasteiger partial charge is 0.411 e. The zero-order valence-corrected chi connectivity index (χ0v) is 29.3. The Balaban J connectivity index is 1.67. The molecule has 5 rings (SSSR count). The molecule has 0 bridgehead atoms. The Hall–Kier alpha value is -3.80. The number of morpholine rings is 1. The third kappa shape index (κ3) is 8.16. The first-order chi connectivity index (χ1) is 22.8. The molecule has 1 fully saturated rings. The van der Waals surface area contributed by atoms with Crippen LogP contribution in [0, 0.1) is 0 Å². The number of hydrogen-bond acceptors (Lipinski definition) is 9. The van der Waals surface area contributed by atoms with Crippen molar-refractivity contribution in [3.63, 3.8) is 0 Å². The summed E-state index contributed by atoms with van der Waals surface area (Å²) >= 11 is 6.47. The second-order valence-electron chi connectivity index (χ2n) is 13.2.